The van der Waals surface area contributed by atoms with Gasteiger partial charge in [0, 0.05) is 42.8 Å². The summed E-state index contributed by atoms with van der Waals surface area (Å²) >= 11 is 0. The molecule has 3 aromatic rings. The van der Waals surface area contributed by atoms with Gasteiger partial charge in [0.05, 0.1) is 38.1 Å². The van der Waals surface area contributed by atoms with Crippen LogP contribution in [0.1, 0.15) is 121 Å². The molecule has 0 aromatic heterocycles. The zero-order valence-corrected chi connectivity index (χ0v) is 29.7. The highest BCUT2D eigenvalue weighted by molar-refractivity contribution is 5.41. The van der Waals surface area contributed by atoms with Gasteiger partial charge in [-0.3, -0.25) is 0 Å². The molecule has 6 nitrogen and oxygen atoms in total. The molecule has 0 unspecified atom stereocenters. The molecule has 3 aliphatic heterocycles. The Morgan fingerprint density at radius 2 is 1.12 bits per heavy atom. The van der Waals surface area contributed by atoms with Gasteiger partial charge in [0.25, 0.3) is 0 Å². The van der Waals surface area contributed by atoms with Crippen molar-refractivity contribution in [3.8, 4) is 0 Å². The second-order valence-electron chi connectivity index (χ2n) is 14.8. The number of hydrogen-bond acceptors (Lipinski definition) is 6. The van der Waals surface area contributed by atoms with Crippen molar-refractivity contribution in [1.82, 2.24) is 16.0 Å². The fraction of sp³-hybridized carbons (Fsp3) is 0.571. The molecule has 3 aliphatic carbocycles. The van der Waals surface area contributed by atoms with E-state index in [4.69, 9.17) is 14.2 Å². The third-order valence-electron chi connectivity index (χ3n) is 11.7. The smallest absolute Gasteiger partial charge is 0.129 e. The molecule has 6 aliphatic rings. The molecule has 0 saturated heterocycles. The summed E-state index contributed by atoms with van der Waals surface area (Å²) in [4.78, 5) is 0. The molecule has 3 N–H and O–H groups in total. The molecular weight excluding hydrogens is 632 g/mol. The molecule has 3 heterocycles. The fourth-order valence-corrected chi connectivity index (χ4v) is 8.02. The summed E-state index contributed by atoms with van der Waals surface area (Å²) < 4.78 is 44.9. The normalized spacial score (nSPS) is 24.2. The van der Waals surface area contributed by atoms with E-state index in [0.717, 1.165) is 67.3 Å². The van der Waals surface area contributed by atoms with Crippen molar-refractivity contribution in [3.05, 3.63) is 105 Å². The predicted molar refractivity (Wildman–Crippen MR) is 193 cm³/mol. The van der Waals surface area contributed by atoms with Crippen molar-refractivity contribution in [2.45, 2.75) is 114 Å². The summed E-state index contributed by atoms with van der Waals surface area (Å²) in [6, 6.07) is 18.6. The molecule has 8 heteroatoms. The largest absolute Gasteiger partial charge is 0.372 e. The zero-order valence-electron chi connectivity index (χ0n) is 29.7. The van der Waals surface area contributed by atoms with Crippen LogP contribution in [0.4, 0.5) is 8.78 Å². The van der Waals surface area contributed by atoms with E-state index in [0.29, 0.717) is 25.3 Å². The Balaban J connectivity index is 0.000000118. The lowest BCUT2D eigenvalue weighted by atomic mass is 9.77. The Bertz CT molecular complexity index is 1480. The minimum atomic E-state index is -0.123. The van der Waals surface area contributed by atoms with Crippen LogP contribution in [0.5, 0.6) is 0 Å². The van der Waals surface area contributed by atoms with Crippen LogP contribution in [-0.2, 0) is 33.7 Å². The number of fused-ring (bicyclic) bond motifs is 3. The number of ether oxygens (including phenoxy) is 3. The van der Waals surface area contributed by atoms with Gasteiger partial charge in [0.1, 0.15) is 11.6 Å². The van der Waals surface area contributed by atoms with Gasteiger partial charge in [-0.2, -0.15) is 0 Å². The van der Waals surface area contributed by atoms with E-state index in [2.05, 4.69) is 34.1 Å². The lowest BCUT2D eigenvalue weighted by Gasteiger charge is -2.31. The predicted octanol–water partition coefficient (Wildman–Crippen LogP) is 7.91. The highest BCUT2D eigenvalue weighted by Gasteiger charge is 2.30. The first kappa shape index (κ1) is 35.7. The zero-order chi connectivity index (χ0) is 34.3. The molecule has 50 heavy (non-hydrogen) atoms. The number of nitrogens with one attached hydrogen (secondary N) is 3. The number of benzene rings is 3. The molecule has 0 spiro atoms. The molecule has 0 radical (unpaired) electrons. The van der Waals surface area contributed by atoms with Gasteiger partial charge < -0.3 is 30.2 Å². The van der Waals surface area contributed by atoms with Crippen molar-refractivity contribution in [2.75, 3.05) is 39.9 Å². The molecule has 3 saturated carbocycles. The van der Waals surface area contributed by atoms with Crippen molar-refractivity contribution < 1.29 is 23.0 Å². The van der Waals surface area contributed by atoms with Gasteiger partial charge in [0.2, 0.25) is 0 Å². The average molecular weight is 688 g/mol. The number of rotatable bonds is 9. The maximum absolute atomic E-state index is 13.8. The van der Waals surface area contributed by atoms with E-state index in [9.17, 15) is 8.78 Å². The Morgan fingerprint density at radius 1 is 0.600 bits per heavy atom. The molecule has 0 amide bonds. The van der Waals surface area contributed by atoms with Crippen molar-refractivity contribution in [2.24, 2.45) is 0 Å². The first-order chi connectivity index (χ1) is 24.6. The number of halogens is 2. The molecule has 0 bridgehead atoms. The Morgan fingerprint density at radius 3 is 1.60 bits per heavy atom. The van der Waals surface area contributed by atoms with Crippen LogP contribution in [0.3, 0.4) is 0 Å². The standard InChI is InChI=1S/2C14H18FNO.C14H19NO/c2*15-12-6-1-3-10-7-8-17-13(14(10)12)9-16-11-4-2-5-11;1-15-8-14-12-7-3-6-11(10-4-2-5-10)13(12)9-16-14/h2*1,3,6,11,13,16H,2,4-5,7-9H2;3,6-7,10,14-15H,2,4-5,8-9H2,1H3/t2*13-;14-/m100/s1. The highest BCUT2D eigenvalue weighted by atomic mass is 19.1. The number of likely N-dealkylation sites (N-methyl/N-ethyl adjacent to an activating group) is 1. The van der Waals surface area contributed by atoms with Crippen molar-refractivity contribution in [3.63, 3.8) is 0 Å². The maximum Gasteiger partial charge on any atom is 0.129 e. The first-order valence-electron chi connectivity index (χ1n) is 19.2. The summed E-state index contributed by atoms with van der Waals surface area (Å²) in [5, 5.41) is 10.1. The van der Waals surface area contributed by atoms with Crippen LogP contribution < -0.4 is 16.0 Å². The van der Waals surface area contributed by atoms with Gasteiger partial charge in [-0.05, 0) is 104 Å². The third-order valence-corrected chi connectivity index (χ3v) is 11.7. The van der Waals surface area contributed by atoms with E-state index < -0.39 is 0 Å². The van der Waals surface area contributed by atoms with E-state index in [1.807, 2.05) is 19.2 Å². The first-order valence-corrected chi connectivity index (χ1v) is 19.2. The van der Waals surface area contributed by atoms with E-state index >= 15 is 0 Å². The van der Waals surface area contributed by atoms with Gasteiger partial charge in [-0.15, -0.1) is 0 Å². The molecule has 270 valence electrons. The molecule has 3 aromatic carbocycles. The summed E-state index contributed by atoms with van der Waals surface area (Å²) in [6.45, 7) is 4.60. The van der Waals surface area contributed by atoms with E-state index in [1.165, 1.54) is 81.0 Å². The SMILES string of the molecule is CNC[C@@H]1OCc2c(C3CCC3)cccc21.Fc1cccc2c1[C@@H](CNC1CCC1)OCC2.Fc1cccc2c1[C@H](CNC1CCC1)OCC2. The fourth-order valence-electron chi connectivity index (χ4n) is 8.02. The topological polar surface area (TPSA) is 63.8 Å². The van der Waals surface area contributed by atoms with Crippen molar-refractivity contribution >= 4 is 0 Å². The minimum Gasteiger partial charge on any atom is -0.372 e. The maximum atomic E-state index is 13.8. The van der Waals surface area contributed by atoms with Gasteiger partial charge in [-0.25, -0.2) is 8.78 Å². The lowest BCUT2D eigenvalue weighted by molar-refractivity contribution is 0.0357. The average Bonchev–Trinajstić information content (AvgIpc) is 3.47. The van der Waals surface area contributed by atoms with Gasteiger partial charge in [-0.1, -0.05) is 61.7 Å². The quantitative estimate of drug-likeness (QED) is 0.213. The van der Waals surface area contributed by atoms with E-state index in [1.54, 1.807) is 17.7 Å². The second-order valence-corrected chi connectivity index (χ2v) is 14.8. The Kier molecular flexibility index (Phi) is 12.3. The Hall–Kier alpha value is -2.72. The van der Waals surface area contributed by atoms with Gasteiger partial charge >= 0.3 is 0 Å². The third kappa shape index (κ3) is 8.32. The second kappa shape index (κ2) is 17.2. The van der Waals surface area contributed by atoms with Crippen LogP contribution in [-0.4, -0.2) is 52.0 Å². The van der Waals surface area contributed by atoms with Crippen LogP contribution >= 0.6 is 0 Å². The summed E-state index contributed by atoms with van der Waals surface area (Å²) in [5.41, 5.74) is 8.21. The summed E-state index contributed by atoms with van der Waals surface area (Å²) in [7, 11) is 1.98. The molecule has 3 atom stereocenters. The molecule has 3 fully saturated rings. The summed E-state index contributed by atoms with van der Waals surface area (Å²) in [5.74, 6) is 0.567. The minimum absolute atomic E-state index is 0.111. The molecule has 9 rings (SSSR count). The van der Waals surface area contributed by atoms with Crippen LogP contribution in [0, 0.1) is 11.6 Å². The van der Waals surface area contributed by atoms with Crippen molar-refractivity contribution in [1.29, 1.82) is 0 Å². The van der Waals surface area contributed by atoms with Crippen LogP contribution in [0.2, 0.25) is 0 Å². The number of hydrogen-bond donors (Lipinski definition) is 3. The lowest BCUT2D eigenvalue weighted by Crippen LogP contribution is -2.39. The summed E-state index contributed by atoms with van der Waals surface area (Å²) in [6.07, 6.45) is 13.4. The monoisotopic (exact) mass is 687 g/mol. The van der Waals surface area contributed by atoms with Crippen LogP contribution in [0.15, 0.2) is 54.6 Å². The highest BCUT2D eigenvalue weighted by Crippen LogP contribution is 2.42. The Labute approximate surface area is 297 Å². The van der Waals surface area contributed by atoms with Gasteiger partial charge in [0.15, 0.2) is 0 Å². The van der Waals surface area contributed by atoms with E-state index in [-0.39, 0.29) is 29.9 Å². The van der Waals surface area contributed by atoms with Crippen LogP contribution in [0.25, 0.3) is 0 Å². The molecular formula is C42H55F2N3O3.